The number of esters is 1. The van der Waals surface area contributed by atoms with E-state index in [9.17, 15) is 68.7 Å². The summed E-state index contributed by atoms with van der Waals surface area (Å²) in [6.45, 7) is 8.80. The number of aliphatic hydroxyl groups is 4. The molecule has 2 rings (SSSR count). The normalized spacial score (nSPS) is 19.3. The molecular formula is C51H82N8O15. The molecule has 1 aromatic carbocycles. The summed E-state index contributed by atoms with van der Waals surface area (Å²) in [5.74, 6) is -8.69. The molecule has 23 heteroatoms. The molecule has 416 valence electrons. The number of amides is 8. The van der Waals surface area contributed by atoms with Crippen molar-refractivity contribution in [2.24, 2.45) is 17.8 Å². The zero-order valence-corrected chi connectivity index (χ0v) is 44.1. The Hall–Kier alpha value is -6.17. The molecule has 1 aromatic rings. The van der Waals surface area contributed by atoms with Gasteiger partial charge in [-0.2, -0.15) is 0 Å². The number of hydrogen-bond acceptors (Lipinski definition) is 15. The molecule has 9 atom stereocenters. The van der Waals surface area contributed by atoms with Crippen LogP contribution in [-0.4, -0.2) is 172 Å². The van der Waals surface area contributed by atoms with Gasteiger partial charge in [0, 0.05) is 26.0 Å². The van der Waals surface area contributed by atoms with Gasteiger partial charge in [0.15, 0.2) is 0 Å². The van der Waals surface area contributed by atoms with Gasteiger partial charge in [0.05, 0.1) is 44.4 Å². The number of carbonyl (C=O) groups is 9. The maximum absolute atomic E-state index is 13.8. The van der Waals surface area contributed by atoms with Crippen molar-refractivity contribution < 1.29 is 73.4 Å². The maximum atomic E-state index is 13.8. The van der Waals surface area contributed by atoms with E-state index >= 15 is 0 Å². The Bertz CT molecular complexity index is 2030. The van der Waals surface area contributed by atoms with Gasteiger partial charge in [0.2, 0.25) is 47.3 Å². The number of aromatic hydroxyl groups is 1. The molecule has 1 aliphatic heterocycles. The Labute approximate surface area is 433 Å². The molecule has 74 heavy (non-hydrogen) atoms. The van der Waals surface area contributed by atoms with E-state index in [0.29, 0.717) is 12.0 Å². The fourth-order valence-corrected chi connectivity index (χ4v) is 7.81. The van der Waals surface area contributed by atoms with E-state index in [0.717, 1.165) is 44.6 Å². The van der Waals surface area contributed by atoms with Gasteiger partial charge in [-0.25, -0.2) is 4.79 Å². The number of nitrogens with zero attached hydrogens (tertiary/aromatic N) is 1. The Morgan fingerprint density at radius 3 is 1.78 bits per heavy atom. The minimum atomic E-state index is -1.77. The van der Waals surface area contributed by atoms with E-state index in [1.54, 1.807) is 53.7 Å². The summed E-state index contributed by atoms with van der Waals surface area (Å²) in [5.41, 5.74) is 0.583. The lowest BCUT2D eigenvalue weighted by Gasteiger charge is -2.32. The highest BCUT2D eigenvalue weighted by atomic mass is 16.5. The summed E-state index contributed by atoms with van der Waals surface area (Å²) in [4.78, 5) is 121. The minimum absolute atomic E-state index is 0.0120. The summed E-state index contributed by atoms with van der Waals surface area (Å²) in [6, 6.07) is -4.54. The maximum Gasteiger partial charge on any atom is 0.329 e. The third-order valence-electron chi connectivity index (χ3n) is 12.4. The lowest BCUT2D eigenvalue weighted by Crippen LogP contribution is -2.59. The molecule has 0 saturated carbocycles. The predicted molar refractivity (Wildman–Crippen MR) is 271 cm³/mol. The van der Waals surface area contributed by atoms with Gasteiger partial charge in [-0.1, -0.05) is 105 Å². The lowest BCUT2D eigenvalue weighted by molar-refractivity contribution is -0.156. The molecule has 8 amide bonds. The SMILES string of the molecule is CCCCCCCCCC(=O)N[C@@H](CO)C(=O)N[C@H](C(=O)N[C@@H](CO)[C@@H](O)CC(=O)N[C@@H](CO)C(=O)N[C@H](C(=O)N[C@@H]1/C=C/C(=O)N[C@@H](C(C)C)C(=O)N(C)[C@@H](Cc2ccc(O)cc2)C(=O)OC1)C(C)C)C(C)C. The highest BCUT2D eigenvalue weighted by molar-refractivity contribution is 5.96. The van der Waals surface area contributed by atoms with E-state index < -0.39 is 158 Å². The van der Waals surface area contributed by atoms with Crippen LogP contribution >= 0.6 is 0 Å². The molecule has 0 aliphatic carbocycles. The zero-order chi connectivity index (χ0) is 55.7. The van der Waals surface area contributed by atoms with Crippen molar-refractivity contribution in [2.75, 3.05) is 33.5 Å². The first-order chi connectivity index (χ1) is 35.0. The first-order valence-electron chi connectivity index (χ1n) is 25.5. The molecule has 0 fully saturated rings. The number of carbonyl (C=O) groups excluding carboxylic acids is 9. The third kappa shape index (κ3) is 21.7. The number of likely N-dealkylation sites (N-methyl/N-ethyl adjacent to an activating group) is 1. The van der Waals surface area contributed by atoms with Crippen LogP contribution in [0.1, 0.15) is 112 Å². The summed E-state index contributed by atoms with van der Waals surface area (Å²) in [7, 11) is 1.40. The van der Waals surface area contributed by atoms with Crippen molar-refractivity contribution in [1.82, 2.24) is 42.1 Å². The zero-order valence-electron chi connectivity index (χ0n) is 44.1. The van der Waals surface area contributed by atoms with Crippen LogP contribution in [0.4, 0.5) is 0 Å². The average Bonchev–Trinajstić information content (AvgIpc) is 3.35. The van der Waals surface area contributed by atoms with Crippen LogP contribution in [0.3, 0.4) is 0 Å². The molecule has 0 spiro atoms. The number of ether oxygens (including phenoxy) is 1. The Morgan fingerprint density at radius 2 is 1.26 bits per heavy atom. The van der Waals surface area contributed by atoms with Crippen LogP contribution in [0.5, 0.6) is 5.75 Å². The van der Waals surface area contributed by atoms with E-state index in [2.05, 4.69) is 44.1 Å². The van der Waals surface area contributed by atoms with Gasteiger partial charge in [0.25, 0.3) is 0 Å². The topological polar surface area (TPSA) is 351 Å². The second-order valence-corrected chi connectivity index (χ2v) is 19.7. The number of rotatable bonds is 29. The third-order valence-corrected chi connectivity index (χ3v) is 12.4. The van der Waals surface area contributed by atoms with Crippen LogP contribution in [0.15, 0.2) is 36.4 Å². The van der Waals surface area contributed by atoms with Gasteiger partial charge in [-0.3, -0.25) is 38.4 Å². The van der Waals surface area contributed by atoms with Crippen LogP contribution < -0.4 is 37.2 Å². The largest absolute Gasteiger partial charge is 0.508 e. The van der Waals surface area contributed by atoms with Crippen molar-refractivity contribution >= 4 is 53.2 Å². The highest BCUT2D eigenvalue weighted by Crippen LogP contribution is 2.18. The highest BCUT2D eigenvalue weighted by Gasteiger charge is 2.37. The second-order valence-electron chi connectivity index (χ2n) is 19.7. The predicted octanol–water partition coefficient (Wildman–Crippen LogP) is -0.895. The number of nitrogens with one attached hydrogen (secondary N) is 7. The Kier molecular flexibility index (Phi) is 28.4. The number of unbranched alkanes of at least 4 members (excludes halogenated alkanes) is 6. The van der Waals surface area contributed by atoms with Crippen molar-refractivity contribution in [3.8, 4) is 5.75 Å². The monoisotopic (exact) mass is 1050 g/mol. The molecule has 0 radical (unpaired) electrons. The number of cyclic esters (lactones) is 1. The van der Waals surface area contributed by atoms with Crippen molar-refractivity contribution in [3.63, 3.8) is 0 Å². The summed E-state index contributed by atoms with van der Waals surface area (Å²) in [5, 5.41) is 68.3. The van der Waals surface area contributed by atoms with Crippen molar-refractivity contribution in [2.45, 2.75) is 167 Å². The van der Waals surface area contributed by atoms with Crippen molar-refractivity contribution in [1.29, 1.82) is 0 Å². The number of phenolic OH excluding ortho intramolecular Hbond substituents is 1. The second kappa shape index (κ2) is 32.9. The summed E-state index contributed by atoms with van der Waals surface area (Å²) in [6.07, 6.45) is 6.74. The molecule has 0 aromatic heterocycles. The quantitative estimate of drug-likeness (QED) is 0.0342. The molecule has 12 N–H and O–H groups in total. The van der Waals surface area contributed by atoms with Crippen molar-refractivity contribution in [3.05, 3.63) is 42.0 Å². The number of hydrogen-bond donors (Lipinski definition) is 12. The Morgan fingerprint density at radius 1 is 0.716 bits per heavy atom. The van der Waals surface area contributed by atoms with E-state index in [1.165, 1.54) is 30.2 Å². The van der Waals surface area contributed by atoms with E-state index in [4.69, 9.17) is 4.74 Å². The molecule has 0 saturated heterocycles. The van der Waals surface area contributed by atoms with Gasteiger partial charge >= 0.3 is 5.97 Å². The van der Waals surface area contributed by atoms with Gasteiger partial charge in [0.1, 0.15) is 48.6 Å². The van der Waals surface area contributed by atoms with Gasteiger partial charge in [-0.05, 0) is 41.9 Å². The molecular weight excluding hydrogens is 965 g/mol. The first kappa shape index (κ1) is 63.9. The summed E-state index contributed by atoms with van der Waals surface area (Å²) >= 11 is 0. The van der Waals surface area contributed by atoms with Crippen LogP contribution in [-0.2, 0) is 54.3 Å². The number of benzene rings is 1. The lowest BCUT2D eigenvalue weighted by atomic mass is 9.99. The number of phenols is 1. The molecule has 23 nitrogen and oxygen atoms in total. The molecule has 1 aliphatic rings. The molecule has 0 unspecified atom stereocenters. The standard InChI is InChI=1S/C51H82N8O15/c1-9-10-11-12-13-14-15-16-40(65)53-36(26-61)46(68)58-44(30(4)5)49(71)55-35(25-60)39(64)24-42(67)54-37(27-62)47(69)57-43(29(2)3)48(70)52-33-19-22-41(66)56-45(31(6)7)50(72)59(8)38(51(73)74-28-33)23-32-17-20-34(63)21-18-32/h17-22,29-31,33,35-39,43-45,60-64H,9-16,23-28H2,1-8H3,(H,52,70)(H,53,65)(H,54,67)(H,55,71)(H,56,66)(H,57,69)(H,58,68)/b22-19+/t33-,35+,36+,37+,38+,39+,43+,44+,45+/m1/s1. The van der Waals surface area contributed by atoms with Crippen LogP contribution in [0, 0.1) is 17.8 Å². The van der Waals surface area contributed by atoms with Gasteiger partial charge < -0.3 is 72.4 Å². The van der Waals surface area contributed by atoms with Gasteiger partial charge in [-0.15, -0.1) is 0 Å². The number of aliphatic hydroxyl groups excluding tert-OH is 4. The Balaban J connectivity index is 2.12. The fraction of sp³-hybridized carbons (Fsp3) is 0.667. The fourth-order valence-electron chi connectivity index (χ4n) is 7.81. The van der Waals surface area contributed by atoms with Crippen LogP contribution in [0.2, 0.25) is 0 Å². The molecule has 1 heterocycles. The molecule has 0 bridgehead atoms. The average molecular weight is 1050 g/mol. The minimum Gasteiger partial charge on any atom is -0.508 e. The van der Waals surface area contributed by atoms with E-state index in [-0.39, 0.29) is 18.6 Å². The van der Waals surface area contributed by atoms with E-state index in [1.807, 2.05) is 0 Å². The summed E-state index contributed by atoms with van der Waals surface area (Å²) < 4.78 is 5.62. The van der Waals surface area contributed by atoms with Crippen LogP contribution in [0.25, 0.3) is 0 Å². The smallest absolute Gasteiger partial charge is 0.329 e. The first-order valence-corrected chi connectivity index (χ1v) is 25.5.